The molecule has 4 atom stereocenters. The van der Waals surface area contributed by atoms with E-state index in [9.17, 15) is 4.79 Å². The second kappa shape index (κ2) is 9.30. The third-order valence-corrected chi connectivity index (χ3v) is 17.4. The minimum atomic E-state index is -2.73. The minimum absolute atomic E-state index is 0.0769. The van der Waals surface area contributed by atoms with Gasteiger partial charge in [0, 0.05) is 12.1 Å². The molecule has 1 aromatic heterocycles. The molecule has 182 valence electrons. The van der Waals surface area contributed by atoms with Crippen LogP contribution < -0.4 is 11.4 Å². The molecule has 2 aliphatic heterocycles. The Morgan fingerprint density at radius 3 is 2.09 bits per heavy atom. The number of ether oxygens (including phenoxy) is 1. The Morgan fingerprint density at radius 2 is 1.59 bits per heavy atom. The van der Waals surface area contributed by atoms with Gasteiger partial charge >= 0.3 is 22.8 Å². The second-order valence-electron chi connectivity index (χ2n) is 10.5. The lowest BCUT2D eigenvalue weighted by molar-refractivity contribution is -0.0572. The van der Waals surface area contributed by atoms with Crippen molar-refractivity contribution in [2.45, 2.75) is 103 Å². The van der Waals surface area contributed by atoms with Gasteiger partial charge in [0.1, 0.15) is 18.1 Å². The molecule has 2 aliphatic rings. The highest BCUT2D eigenvalue weighted by Gasteiger charge is 2.61. The Hall–Kier alpha value is -1.05. The Bertz CT molecular complexity index is 844. The number of nitrogen functional groups attached to an aromatic ring is 1. The molecule has 10 heteroatoms. The van der Waals surface area contributed by atoms with E-state index < -0.39 is 29.0 Å². The predicted octanol–water partition coefficient (Wildman–Crippen LogP) is 4.32. The van der Waals surface area contributed by atoms with Gasteiger partial charge in [-0.25, -0.2) is 4.79 Å². The number of aromatic nitrogens is 2. The minimum Gasteiger partial charge on any atom is -0.414 e. The van der Waals surface area contributed by atoms with Crippen LogP contribution in [-0.4, -0.2) is 45.5 Å². The van der Waals surface area contributed by atoms with Crippen molar-refractivity contribution in [3.05, 3.63) is 22.7 Å². The van der Waals surface area contributed by atoms with Gasteiger partial charge in [0.25, 0.3) is 0 Å². The maximum absolute atomic E-state index is 12.6. The first-order chi connectivity index (χ1) is 14.9. The molecule has 0 amide bonds. The molecule has 3 heterocycles. The highest BCUT2D eigenvalue weighted by molar-refractivity contribution is 6.83. The molecule has 0 spiro atoms. The van der Waals surface area contributed by atoms with E-state index in [1.807, 2.05) is 0 Å². The molecule has 1 aromatic rings. The third kappa shape index (κ3) is 4.25. The van der Waals surface area contributed by atoms with E-state index in [0.717, 1.165) is 0 Å². The number of hydrogen-bond acceptors (Lipinski definition) is 7. The van der Waals surface area contributed by atoms with Gasteiger partial charge in [-0.15, -0.1) is 0 Å². The first-order valence-electron chi connectivity index (χ1n) is 11.9. The molecule has 3 rings (SSSR count). The van der Waals surface area contributed by atoms with Crippen LogP contribution >= 0.6 is 0 Å². The van der Waals surface area contributed by atoms with Crippen LogP contribution in [0.3, 0.4) is 0 Å². The summed E-state index contributed by atoms with van der Waals surface area (Å²) in [6, 6.07) is 1.62. The summed E-state index contributed by atoms with van der Waals surface area (Å²) in [6.45, 7) is 20.1. The quantitative estimate of drug-likeness (QED) is 0.623. The Balaban J connectivity index is 2.07. The van der Waals surface area contributed by atoms with E-state index in [1.54, 1.807) is 12.3 Å². The molecule has 2 N–H and O–H groups in total. The summed E-state index contributed by atoms with van der Waals surface area (Å²) < 4.78 is 29.1. The molecule has 0 aromatic carbocycles. The second-order valence-corrected chi connectivity index (χ2v) is 19.4. The molecule has 0 radical (unpaired) electrons. The number of anilines is 1. The van der Waals surface area contributed by atoms with Crippen molar-refractivity contribution in [2.24, 2.45) is 5.92 Å². The highest BCUT2D eigenvalue weighted by atomic mass is 28.5. The molecule has 32 heavy (non-hydrogen) atoms. The van der Waals surface area contributed by atoms with Crippen LogP contribution in [0.5, 0.6) is 0 Å². The number of rotatable bonds is 5. The van der Waals surface area contributed by atoms with Crippen molar-refractivity contribution in [1.29, 1.82) is 0 Å². The van der Waals surface area contributed by atoms with Crippen LogP contribution in [0.15, 0.2) is 17.1 Å². The predicted molar refractivity (Wildman–Crippen MR) is 130 cm³/mol. The van der Waals surface area contributed by atoms with E-state index in [2.05, 4.69) is 67.3 Å². The van der Waals surface area contributed by atoms with Crippen molar-refractivity contribution in [1.82, 2.24) is 9.55 Å². The number of fused-ring (bicyclic) bond motifs is 1. The lowest BCUT2D eigenvalue weighted by Gasteiger charge is -2.51. The van der Waals surface area contributed by atoms with Crippen LogP contribution in [0.25, 0.3) is 0 Å². The molecule has 8 nitrogen and oxygen atoms in total. The van der Waals surface area contributed by atoms with E-state index in [-0.39, 0.29) is 46.1 Å². The van der Waals surface area contributed by atoms with Crippen LogP contribution in [0.2, 0.25) is 22.2 Å². The summed E-state index contributed by atoms with van der Waals surface area (Å²) in [5.41, 5.74) is 6.29. The summed E-state index contributed by atoms with van der Waals surface area (Å²) in [4.78, 5) is 16.4. The van der Waals surface area contributed by atoms with Crippen LogP contribution in [0.1, 0.15) is 68.5 Å². The topological polar surface area (TPSA) is 97.8 Å². The first-order valence-corrected chi connectivity index (χ1v) is 15.8. The molecule has 0 aliphatic carbocycles. The largest absolute Gasteiger partial charge is 0.414 e. The molecular weight excluding hydrogens is 442 g/mol. The van der Waals surface area contributed by atoms with E-state index >= 15 is 0 Å². The van der Waals surface area contributed by atoms with E-state index in [1.165, 1.54) is 4.57 Å². The molecule has 2 saturated heterocycles. The van der Waals surface area contributed by atoms with Gasteiger partial charge in [-0.1, -0.05) is 62.3 Å². The average molecular weight is 484 g/mol. The number of hydrogen-bond donors (Lipinski definition) is 1. The lowest BCUT2D eigenvalue weighted by atomic mass is 10.0. The summed E-state index contributed by atoms with van der Waals surface area (Å²) in [6.07, 6.45) is 0.649. The van der Waals surface area contributed by atoms with Crippen LogP contribution in [0, 0.1) is 5.92 Å². The number of nitrogens with two attached hydrogens (primary N) is 1. The van der Waals surface area contributed by atoms with Crippen LogP contribution in [-0.2, 0) is 17.7 Å². The fraction of sp³-hybridized carbons (Fsp3) is 0.818. The Morgan fingerprint density at radius 1 is 1.03 bits per heavy atom. The fourth-order valence-electron chi connectivity index (χ4n) is 5.28. The van der Waals surface area contributed by atoms with Crippen molar-refractivity contribution in [3.63, 3.8) is 0 Å². The standard InChI is InChI=1S/C22H41N3O5Si2/c1-13(2)31(14(3)4)27-12-18-20(29-32(30-31,15(5)6)16(7)8)17(9)21(28-18)25-11-10-19(23)24-22(25)26/h10-11,13-18,20-21H,12H2,1-9H3,(H2,23,24,26)/t17?,18-,20-,21-/m1/s1. The Kier molecular flexibility index (Phi) is 7.44. The summed E-state index contributed by atoms with van der Waals surface area (Å²) >= 11 is 0. The lowest BCUT2D eigenvalue weighted by Crippen LogP contribution is -2.65. The van der Waals surface area contributed by atoms with Gasteiger partial charge in [0.15, 0.2) is 0 Å². The van der Waals surface area contributed by atoms with Gasteiger partial charge in [-0.05, 0) is 28.2 Å². The zero-order valence-corrected chi connectivity index (χ0v) is 23.0. The average Bonchev–Trinajstić information content (AvgIpc) is 2.96. The van der Waals surface area contributed by atoms with Crippen LogP contribution in [0.4, 0.5) is 5.82 Å². The van der Waals surface area contributed by atoms with Crippen molar-refractivity contribution < 1.29 is 17.7 Å². The smallest absolute Gasteiger partial charge is 0.351 e. The summed E-state index contributed by atoms with van der Waals surface area (Å²) in [7, 11) is -5.35. The Labute approximate surface area is 194 Å². The SMILES string of the molecule is CC1[C@H]2O[Si](C(C)C)(C(C)C)O[Si](C(C)C)(C(C)C)OC[C@H]2O[C@H]1n1ccc(N)nc1=O. The van der Waals surface area contributed by atoms with Crippen molar-refractivity contribution >= 4 is 22.9 Å². The van der Waals surface area contributed by atoms with E-state index in [4.69, 9.17) is 23.4 Å². The molecule has 0 bridgehead atoms. The van der Waals surface area contributed by atoms with Gasteiger partial charge < -0.3 is 23.4 Å². The maximum atomic E-state index is 12.6. The molecule has 0 saturated carbocycles. The monoisotopic (exact) mass is 483 g/mol. The van der Waals surface area contributed by atoms with E-state index in [0.29, 0.717) is 6.61 Å². The van der Waals surface area contributed by atoms with Gasteiger partial charge in [-0.2, -0.15) is 4.98 Å². The van der Waals surface area contributed by atoms with Gasteiger partial charge in [0.2, 0.25) is 0 Å². The molecule has 2 fully saturated rings. The maximum Gasteiger partial charge on any atom is 0.351 e. The van der Waals surface area contributed by atoms with Gasteiger partial charge in [-0.3, -0.25) is 4.57 Å². The zero-order valence-electron chi connectivity index (χ0n) is 21.0. The fourth-order valence-corrected chi connectivity index (χ4v) is 16.6. The zero-order chi connectivity index (χ0) is 24.0. The normalized spacial score (nSPS) is 30.0. The summed E-state index contributed by atoms with van der Waals surface area (Å²) in [5.74, 6) is 0.124. The third-order valence-electron chi connectivity index (χ3n) is 7.11. The molecular formula is C22H41N3O5Si2. The number of nitrogens with zero attached hydrogens (tertiary/aromatic N) is 2. The van der Waals surface area contributed by atoms with Gasteiger partial charge in [0.05, 0.1) is 12.7 Å². The first kappa shape index (κ1) is 25.6. The summed E-state index contributed by atoms with van der Waals surface area (Å²) in [5, 5.41) is 0. The highest BCUT2D eigenvalue weighted by Crippen LogP contribution is 2.49. The molecule has 1 unspecified atom stereocenters. The van der Waals surface area contributed by atoms with Crippen molar-refractivity contribution in [2.75, 3.05) is 12.3 Å². The van der Waals surface area contributed by atoms with Crippen molar-refractivity contribution in [3.8, 4) is 0 Å².